The Morgan fingerprint density at radius 3 is 2.89 bits per heavy atom. The van der Waals surface area contributed by atoms with Gasteiger partial charge in [-0.1, -0.05) is 0 Å². The molecule has 0 unspecified atom stereocenters. The van der Waals surface area contributed by atoms with E-state index in [-0.39, 0.29) is 12.0 Å². The van der Waals surface area contributed by atoms with Crippen LogP contribution in [0.4, 0.5) is 10.1 Å². The summed E-state index contributed by atoms with van der Waals surface area (Å²) in [5.74, 6) is -0.946. The van der Waals surface area contributed by atoms with Gasteiger partial charge >= 0.3 is 0 Å². The van der Waals surface area contributed by atoms with Crippen LogP contribution in [0.15, 0.2) is 18.2 Å². The lowest BCUT2D eigenvalue weighted by molar-refractivity contribution is -0.119. The summed E-state index contributed by atoms with van der Waals surface area (Å²) in [5.41, 5.74) is 0.362. The zero-order valence-electron chi connectivity index (χ0n) is 10.9. The monoisotopic (exact) mass is 267 g/mol. The number of anilines is 1. The van der Waals surface area contributed by atoms with Gasteiger partial charge in [0, 0.05) is 24.8 Å². The second-order valence-electron chi connectivity index (χ2n) is 4.83. The van der Waals surface area contributed by atoms with E-state index in [2.05, 4.69) is 5.32 Å². The molecule has 1 fully saturated rings. The summed E-state index contributed by atoms with van der Waals surface area (Å²) in [7, 11) is 0. The zero-order chi connectivity index (χ0) is 13.8. The summed E-state index contributed by atoms with van der Waals surface area (Å²) in [6, 6.07) is 3.80. The molecular weight excluding hydrogens is 249 g/mol. The summed E-state index contributed by atoms with van der Waals surface area (Å²) < 4.78 is 18.5. The van der Waals surface area contributed by atoms with Gasteiger partial charge in [-0.3, -0.25) is 4.79 Å². The van der Waals surface area contributed by atoms with E-state index in [9.17, 15) is 9.18 Å². The first-order chi connectivity index (χ1) is 9.08. The average molecular weight is 267 g/mol. The van der Waals surface area contributed by atoms with E-state index in [1.165, 1.54) is 12.1 Å². The first-order valence-electron chi connectivity index (χ1n) is 6.48. The van der Waals surface area contributed by atoms with Crippen molar-refractivity contribution in [3.05, 3.63) is 24.0 Å². The fourth-order valence-electron chi connectivity index (χ4n) is 2.27. The van der Waals surface area contributed by atoms with Crippen molar-refractivity contribution in [2.75, 3.05) is 11.9 Å². The van der Waals surface area contributed by atoms with Gasteiger partial charge in [0.15, 0.2) is 11.6 Å². The number of ether oxygens (including phenoxy) is 1. The highest BCUT2D eigenvalue weighted by molar-refractivity contribution is 5.90. The number of benzene rings is 1. The summed E-state index contributed by atoms with van der Waals surface area (Å²) in [6.07, 6.45) is 2.52. The molecule has 0 bridgehead atoms. The Morgan fingerprint density at radius 1 is 1.53 bits per heavy atom. The van der Waals surface area contributed by atoms with E-state index in [0.29, 0.717) is 24.6 Å². The Kier molecular flexibility index (Phi) is 4.37. The van der Waals surface area contributed by atoms with Crippen molar-refractivity contribution >= 4 is 11.6 Å². The minimum absolute atomic E-state index is 0.134. The molecule has 104 valence electrons. The number of amides is 1. The second-order valence-corrected chi connectivity index (χ2v) is 4.83. The van der Waals surface area contributed by atoms with Crippen LogP contribution in [0.3, 0.4) is 0 Å². The minimum Gasteiger partial charge on any atom is -0.505 e. The van der Waals surface area contributed by atoms with Crippen LogP contribution in [0, 0.1) is 11.7 Å². The quantitative estimate of drug-likeness (QED) is 0.806. The number of halogens is 1. The Balaban J connectivity index is 1.77. The number of phenolic OH excluding ortho intramolecular Hbond substituents is 1. The van der Waals surface area contributed by atoms with Gasteiger partial charge in [0.05, 0.1) is 6.10 Å². The Hall–Kier alpha value is -1.62. The first-order valence-corrected chi connectivity index (χ1v) is 6.48. The highest BCUT2D eigenvalue weighted by Gasteiger charge is 2.31. The van der Waals surface area contributed by atoms with Gasteiger partial charge < -0.3 is 15.2 Å². The third-order valence-corrected chi connectivity index (χ3v) is 3.30. The van der Waals surface area contributed by atoms with Gasteiger partial charge in [-0.15, -0.1) is 0 Å². The van der Waals surface area contributed by atoms with E-state index in [1.54, 1.807) is 0 Å². The van der Waals surface area contributed by atoms with Gasteiger partial charge in [0.25, 0.3) is 0 Å². The number of carbonyl (C=O) groups excluding carboxylic acids is 1. The molecule has 0 heterocycles. The van der Waals surface area contributed by atoms with Crippen molar-refractivity contribution in [1.82, 2.24) is 0 Å². The first kappa shape index (κ1) is 13.8. The molecule has 1 aromatic rings. The number of rotatable bonds is 5. The second kappa shape index (κ2) is 6.02. The van der Waals surface area contributed by atoms with Gasteiger partial charge in [-0.25, -0.2) is 4.39 Å². The summed E-state index contributed by atoms with van der Waals surface area (Å²) >= 11 is 0. The molecule has 5 heteroatoms. The molecule has 1 aromatic carbocycles. The maximum absolute atomic E-state index is 13.1. The molecule has 1 aliphatic carbocycles. The average Bonchev–Trinajstić information content (AvgIpc) is 2.31. The van der Waals surface area contributed by atoms with Crippen molar-refractivity contribution in [2.45, 2.75) is 32.3 Å². The molecule has 0 aliphatic heterocycles. The Morgan fingerprint density at radius 2 is 2.26 bits per heavy atom. The van der Waals surface area contributed by atoms with Crippen molar-refractivity contribution in [1.29, 1.82) is 0 Å². The molecule has 0 aromatic heterocycles. The van der Waals surface area contributed by atoms with Gasteiger partial charge in [0.1, 0.15) is 0 Å². The molecule has 1 amide bonds. The van der Waals surface area contributed by atoms with Crippen LogP contribution in [0.1, 0.15) is 26.2 Å². The lowest BCUT2D eigenvalue weighted by Crippen LogP contribution is -2.33. The molecule has 2 rings (SSSR count). The number of nitrogens with one attached hydrogen (secondary N) is 1. The zero-order valence-corrected chi connectivity index (χ0v) is 10.9. The molecule has 1 saturated carbocycles. The minimum atomic E-state index is -0.738. The molecule has 2 N–H and O–H groups in total. The van der Waals surface area contributed by atoms with Gasteiger partial charge in [-0.2, -0.15) is 0 Å². The van der Waals surface area contributed by atoms with E-state index < -0.39 is 11.6 Å². The van der Waals surface area contributed by atoms with Crippen molar-refractivity contribution in [3.63, 3.8) is 0 Å². The number of carbonyl (C=O) groups is 1. The standard InChI is InChI=1S/C14H18FNO3/c1-2-19-11-5-9(6-11)7-14(18)16-10-3-4-13(17)12(15)8-10/h3-4,8-9,11,17H,2,5-7H2,1H3,(H,16,18). The van der Waals surface area contributed by atoms with Crippen molar-refractivity contribution < 1.29 is 19.0 Å². The fraction of sp³-hybridized carbons (Fsp3) is 0.500. The number of phenols is 1. The third kappa shape index (κ3) is 3.67. The smallest absolute Gasteiger partial charge is 0.224 e. The molecule has 4 nitrogen and oxygen atoms in total. The summed E-state index contributed by atoms with van der Waals surface area (Å²) in [6.45, 7) is 2.66. The molecule has 0 spiro atoms. The lowest BCUT2D eigenvalue weighted by Gasteiger charge is -2.34. The van der Waals surface area contributed by atoms with E-state index in [1.807, 2.05) is 6.92 Å². The van der Waals surface area contributed by atoms with Crippen LogP contribution < -0.4 is 5.32 Å². The molecule has 0 atom stereocenters. The Bertz CT molecular complexity index is 458. The highest BCUT2D eigenvalue weighted by Crippen LogP contribution is 2.33. The van der Waals surface area contributed by atoms with E-state index in [4.69, 9.17) is 9.84 Å². The van der Waals surface area contributed by atoms with Crippen LogP contribution in [-0.2, 0) is 9.53 Å². The van der Waals surface area contributed by atoms with Gasteiger partial charge in [-0.05, 0) is 37.8 Å². The maximum atomic E-state index is 13.1. The largest absolute Gasteiger partial charge is 0.505 e. The molecule has 19 heavy (non-hydrogen) atoms. The van der Waals surface area contributed by atoms with E-state index in [0.717, 1.165) is 18.9 Å². The topological polar surface area (TPSA) is 58.6 Å². The van der Waals surface area contributed by atoms with Crippen LogP contribution in [0.5, 0.6) is 5.75 Å². The lowest BCUT2D eigenvalue weighted by atomic mass is 9.80. The molecule has 1 aliphatic rings. The summed E-state index contributed by atoms with van der Waals surface area (Å²) in [4.78, 5) is 11.7. The SMILES string of the molecule is CCOC1CC(CC(=O)Nc2ccc(O)c(F)c2)C1. The predicted molar refractivity (Wildman–Crippen MR) is 69.4 cm³/mol. The van der Waals surface area contributed by atoms with Crippen molar-refractivity contribution in [3.8, 4) is 5.75 Å². The number of hydrogen-bond acceptors (Lipinski definition) is 3. The molecule has 0 radical (unpaired) electrons. The Labute approximate surface area is 111 Å². The maximum Gasteiger partial charge on any atom is 0.224 e. The van der Waals surface area contributed by atoms with Gasteiger partial charge in [0.2, 0.25) is 5.91 Å². The number of aromatic hydroxyl groups is 1. The van der Waals surface area contributed by atoms with Crippen LogP contribution in [0.2, 0.25) is 0 Å². The van der Waals surface area contributed by atoms with Crippen molar-refractivity contribution in [2.24, 2.45) is 5.92 Å². The molecular formula is C14H18FNO3. The predicted octanol–water partition coefficient (Wildman–Crippen LogP) is 2.68. The summed E-state index contributed by atoms with van der Waals surface area (Å²) in [5, 5.41) is 11.7. The fourth-order valence-corrected chi connectivity index (χ4v) is 2.27. The third-order valence-electron chi connectivity index (χ3n) is 3.30. The van der Waals surface area contributed by atoms with E-state index >= 15 is 0 Å². The normalized spacial score (nSPS) is 21.8. The van der Waals surface area contributed by atoms with Crippen LogP contribution in [0.25, 0.3) is 0 Å². The molecule has 0 saturated heterocycles. The van der Waals surface area contributed by atoms with Crippen LogP contribution in [-0.4, -0.2) is 23.7 Å². The van der Waals surface area contributed by atoms with Crippen LogP contribution >= 0.6 is 0 Å². The number of hydrogen-bond donors (Lipinski definition) is 2. The highest BCUT2D eigenvalue weighted by atomic mass is 19.1.